The van der Waals surface area contributed by atoms with Crippen LogP contribution in [0.3, 0.4) is 0 Å². The first-order chi connectivity index (χ1) is 6.88. The van der Waals surface area contributed by atoms with Crippen LogP contribution >= 0.6 is 0 Å². The fourth-order valence-electron chi connectivity index (χ4n) is 2.09. The summed E-state index contributed by atoms with van der Waals surface area (Å²) in [6.07, 6.45) is -5.05. The monoisotopic (exact) mass is 224 g/mol. The Morgan fingerprint density at radius 1 is 1.33 bits per heavy atom. The number of hydrogen-bond donors (Lipinski definition) is 0. The Bertz CT molecular complexity index is 268. The van der Waals surface area contributed by atoms with E-state index in [9.17, 15) is 18.0 Å². The van der Waals surface area contributed by atoms with Gasteiger partial charge >= 0.3 is 12.1 Å². The molecule has 2 aliphatic heterocycles. The van der Waals surface area contributed by atoms with Gasteiger partial charge in [-0.05, 0) is 0 Å². The van der Waals surface area contributed by atoms with Crippen molar-refractivity contribution in [3.8, 4) is 0 Å². The summed E-state index contributed by atoms with van der Waals surface area (Å²) in [6.45, 7) is 0.743. The van der Waals surface area contributed by atoms with Crippen molar-refractivity contribution in [3.05, 3.63) is 0 Å². The molecular weight excluding hydrogens is 213 g/mol. The lowest BCUT2D eigenvalue weighted by Gasteiger charge is -2.19. The van der Waals surface area contributed by atoms with E-state index in [4.69, 9.17) is 4.84 Å². The van der Waals surface area contributed by atoms with Crippen LogP contribution in [0.5, 0.6) is 0 Å². The summed E-state index contributed by atoms with van der Waals surface area (Å²) in [4.78, 5) is 17.0. The molecule has 2 heterocycles. The Morgan fingerprint density at radius 2 is 2.00 bits per heavy atom. The summed E-state index contributed by atoms with van der Waals surface area (Å²) in [7, 11) is 1.73. The molecule has 86 valence electrons. The number of halogens is 3. The standard InChI is InChI=1S/C8H11F3N2O2/c1-12-2-5-3-13(4-6(5)15-12)7(14)8(9,10)11/h5-6H,2-4H2,1H3. The zero-order valence-corrected chi connectivity index (χ0v) is 8.12. The van der Waals surface area contributed by atoms with E-state index in [1.54, 1.807) is 12.1 Å². The highest BCUT2D eigenvalue weighted by Gasteiger charge is 2.49. The SMILES string of the molecule is CN1CC2CN(C(=O)C(F)(F)F)CC2O1. The van der Waals surface area contributed by atoms with Gasteiger partial charge in [-0.2, -0.15) is 18.2 Å². The summed E-state index contributed by atoms with van der Waals surface area (Å²) >= 11 is 0. The van der Waals surface area contributed by atoms with Crippen molar-refractivity contribution in [3.63, 3.8) is 0 Å². The molecule has 0 aromatic rings. The number of carbonyl (C=O) groups excluding carboxylic acids is 1. The summed E-state index contributed by atoms with van der Waals surface area (Å²) in [5.41, 5.74) is 0. The third-order valence-electron chi connectivity index (χ3n) is 2.72. The van der Waals surface area contributed by atoms with E-state index < -0.39 is 12.1 Å². The van der Waals surface area contributed by atoms with Crippen LogP contribution in [0.25, 0.3) is 0 Å². The molecule has 15 heavy (non-hydrogen) atoms. The van der Waals surface area contributed by atoms with Crippen molar-refractivity contribution >= 4 is 5.91 Å². The molecule has 0 aromatic carbocycles. The maximum Gasteiger partial charge on any atom is 0.471 e. The van der Waals surface area contributed by atoms with Crippen molar-refractivity contribution in [2.24, 2.45) is 5.92 Å². The molecule has 2 unspecified atom stereocenters. The van der Waals surface area contributed by atoms with E-state index in [1.165, 1.54) is 0 Å². The molecule has 0 radical (unpaired) electrons. The number of alkyl halides is 3. The maximum absolute atomic E-state index is 12.1. The van der Waals surface area contributed by atoms with E-state index in [0.29, 0.717) is 6.54 Å². The molecule has 2 saturated heterocycles. The minimum Gasteiger partial charge on any atom is -0.332 e. The molecular formula is C8H11F3N2O2. The van der Waals surface area contributed by atoms with Gasteiger partial charge in [0.1, 0.15) is 6.10 Å². The van der Waals surface area contributed by atoms with E-state index in [-0.39, 0.29) is 25.1 Å². The third-order valence-corrected chi connectivity index (χ3v) is 2.72. The minimum absolute atomic E-state index is 0.00120. The molecule has 0 aromatic heterocycles. The zero-order valence-electron chi connectivity index (χ0n) is 8.12. The highest BCUT2D eigenvalue weighted by Crippen LogP contribution is 2.30. The lowest BCUT2D eigenvalue weighted by molar-refractivity contribution is -0.187. The van der Waals surface area contributed by atoms with E-state index in [0.717, 1.165) is 4.90 Å². The minimum atomic E-state index is -4.77. The molecule has 2 fully saturated rings. The first kappa shape index (κ1) is 10.7. The van der Waals surface area contributed by atoms with Gasteiger partial charge in [-0.1, -0.05) is 0 Å². The lowest BCUT2D eigenvalue weighted by Crippen LogP contribution is -2.41. The number of hydroxylamine groups is 2. The van der Waals surface area contributed by atoms with Gasteiger partial charge in [0.05, 0.1) is 0 Å². The number of hydrogen-bond acceptors (Lipinski definition) is 3. The Hall–Kier alpha value is -0.820. The van der Waals surface area contributed by atoms with Crippen LogP contribution in [0.4, 0.5) is 13.2 Å². The van der Waals surface area contributed by atoms with Gasteiger partial charge in [0.2, 0.25) is 0 Å². The molecule has 1 amide bonds. The maximum atomic E-state index is 12.1. The highest BCUT2D eigenvalue weighted by molar-refractivity contribution is 5.82. The Kier molecular flexibility index (Phi) is 2.38. The van der Waals surface area contributed by atoms with Crippen LogP contribution in [-0.2, 0) is 9.63 Å². The average molecular weight is 224 g/mol. The summed E-state index contributed by atoms with van der Waals surface area (Å²) in [6, 6.07) is 0. The largest absolute Gasteiger partial charge is 0.471 e. The second-order valence-corrected chi connectivity index (χ2v) is 3.92. The Balaban J connectivity index is 1.98. The van der Waals surface area contributed by atoms with E-state index in [1.807, 2.05) is 0 Å². The lowest BCUT2D eigenvalue weighted by atomic mass is 10.1. The quantitative estimate of drug-likeness (QED) is 0.591. The number of nitrogens with zero attached hydrogens (tertiary/aromatic N) is 2. The number of rotatable bonds is 0. The highest BCUT2D eigenvalue weighted by atomic mass is 19.4. The summed E-state index contributed by atoms with van der Waals surface area (Å²) < 4.78 is 36.3. The van der Waals surface area contributed by atoms with Crippen molar-refractivity contribution in [1.82, 2.24) is 9.96 Å². The molecule has 0 bridgehead atoms. The van der Waals surface area contributed by atoms with Crippen molar-refractivity contribution in [1.29, 1.82) is 0 Å². The van der Waals surface area contributed by atoms with Gasteiger partial charge in [-0.3, -0.25) is 9.63 Å². The molecule has 7 heteroatoms. The first-order valence-corrected chi connectivity index (χ1v) is 4.62. The predicted octanol–water partition coefficient (Wildman–Crippen LogP) is 0.253. The van der Waals surface area contributed by atoms with Crippen LogP contribution < -0.4 is 0 Å². The van der Waals surface area contributed by atoms with Crippen LogP contribution in [-0.4, -0.2) is 54.8 Å². The Morgan fingerprint density at radius 3 is 2.53 bits per heavy atom. The number of fused-ring (bicyclic) bond motifs is 1. The van der Waals surface area contributed by atoms with Gasteiger partial charge in [-0.15, -0.1) is 0 Å². The molecule has 2 aliphatic rings. The molecule has 0 spiro atoms. The summed E-state index contributed by atoms with van der Waals surface area (Å²) in [5.74, 6) is -1.76. The molecule has 0 N–H and O–H groups in total. The zero-order chi connectivity index (χ0) is 11.2. The molecule has 4 nitrogen and oxygen atoms in total. The topological polar surface area (TPSA) is 32.8 Å². The van der Waals surface area contributed by atoms with Gasteiger partial charge < -0.3 is 4.90 Å². The molecule has 2 atom stereocenters. The van der Waals surface area contributed by atoms with Gasteiger partial charge in [0.15, 0.2) is 0 Å². The van der Waals surface area contributed by atoms with Gasteiger partial charge in [-0.25, -0.2) is 0 Å². The van der Waals surface area contributed by atoms with Gasteiger partial charge in [0.25, 0.3) is 0 Å². The van der Waals surface area contributed by atoms with Gasteiger partial charge in [0, 0.05) is 32.6 Å². The number of amides is 1. The fraction of sp³-hybridized carbons (Fsp3) is 0.875. The van der Waals surface area contributed by atoms with Crippen molar-refractivity contribution in [2.75, 3.05) is 26.7 Å². The van der Waals surface area contributed by atoms with Crippen molar-refractivity contribution < 1.29 is 22.8 Å². The van der Waals surface area contributed by atoms with E-state index in [2.05, 4.69) is 0 Å². The van der Waals surface area contributed by atoms with E-state index >= 15 is 0 Å². The normalized spacial score (nSPS) is 32.1. The number of carbonyl (C=O) groups is 1. The second kappa shape index (κ2) is 3.34. The van der Waals surface area contributed by atoms with Crippen LogP contribution in [0.15, 0.2) is 0 Å². The third kappa shape index (κ3) is 1.93. The summed E-state index contributed by atoms with van der Waals surface area (Å²) in [5, 5.41) is 1.60. The molecule has 0 aliphatic carbocycles. The molecule has 2 rings (SSSR count). The second-order valence-electron chi connectivity index (χ2n) is 3.92. The van der Waals surface area contributed by atoms with Crippen LogP contribution in [0, 0.1) is 5.92 Å². The first-order valence-electron chi connectivity index (χ1n) is 4.62. The smallest absolute Gasteiger partial charge is 0.332 e. The van der Waals surface area contributed by atoms with Crippen molar-refractivity contribution in [2.45, 2.75) is 12.3 Å². The van der Waals surface area contributed by atoms with Crippen LogP contribution in [0.2, 0.25) is 0 Å². The average Bonchev–Trinajstić information content (AvgIpc) is 2.57. The fourth-order valence-corrected chi connectivity index (χ4v) is 2.09. The number of likely N-dealkylation sites (tertiary alicyclic amines) is 1. The van der Waals surface area contributed by atoms with Crippen LogP contribution in [0.1, 0.15) is 0 Å². The Labute approximate surface area is 84.5 Å². The predicted molar refractivity (Wildman–Crippen MR) is 43.6 cm³/mol. The molecule has 0 saturated carbocycles.